The van der Waals surface area contributed by atoms with Gasteiger partial charge in [0, 0.05) is 0 Å². The standard InChI is InChI=1S/C24H28F2O/c1-3-16-27-22-15-14-21(23(25)24(22)26)13-8-18-6-11-20(12-7-18)19-9-4-17(2)5-10-19/h3-5,9-10,14-16,18,20H,6-8,11-13H2,1-2H3/b16-3+. The Bertz CT molecular complexity index is 772. The van der Waals surface area contributed by atoms with Gasteiger partial charge in [0.1, 0.15) is 0 Å². The molecule has 0 aromatic heterocycles. The van der Waals surface area contributed by atoms with Gasteiger partial charge in [0.05, 0.1) is 6.26 Å². The Morgan fingerprint density at radius 1 is 0.963 bits per heavy atom. The molecule has 0 radical (unpaired) electrons. The summed E-state index contributed by atoms with van der Waals surface area (Å²) in [6.07, 6.45) is 9.15. The fourth-order valence-corrected chi connectivity index (χ4v) is 3.98. The van der Waals surface area contributed by atoms with Crippen molar-refractivity contribution in [1.82, 2.24) is 0 Å². The Kier molecular flexibility index (Phi) is 6.65. The Hall–Kier alpha value is -2.16. The van der Waals surface area contributed by atoms with Crippen LogP contribution in [0.3, 0.4) is 0 Å². The van der Waals surface area contributed by atoms with Gasteiger partial charge in [0.25, 0.3) is 0 Å². The monoisotopic (exact) mass is 370 g/mol. The maximum Gasteiger partial charge on any atom is 0.201 e. The van der Waals surface area contributed by atoms with Crippen LogP contribution in [0.5, 0.6) is 5.75 Å². The third-order valence-electron chi connectivity index (χ3n) is 5.68. The molecule has 1 saturated carbocycles. The summed E-state index contributed by atoms with van der Waals surface area (Å²) in [5, 5.41) is 0. The van der Waals surface area contributed by atoms with Gasteiger partial charge in [-0.3, -0.25) is 0 Å². The lowest BCUT2D eigenvalue weighted by Gasteiger charge is -2.29. The lowest BCUT2D eigenvalue weighted by Crippen LogP contribution is -2.14. The Balaban J connectivity index is 1.53. The van der Waals surface area contributed by atoms with E-state index in [-0.39, 0.29) is 5.75 Å². The highest BCUT2D eigenvalue weighted by Crippen LogP contribution is 2.38. The van der Waals surface area contributed by atoms with E-state index in [4.69, 9.17) is 4.74 Å². The van der Waals surface area contributed by atoms with E-state index in [1.165, 1.54) is 36.3 Å². The fourth-order valence-electron chi connectivity index (χ4n) is 3.98. The van der Waals surface area contributed by atoms with Crippen LogP contribution in [0.1, 0.15) is 61.6 Å². The molecule has 2 aromatic carbocycles. The molecule has 0 bridgehead atoms. The van der Waals surface area contributed by atoms with E-state index in [0.717, 1.165) is 19.3 Å². The van der Waals surface area contributed by atoms with Crippen LogP contribution in [0.15, 0.2) is 48.7 Å². The zero-order valence-corrected chi connectivity index (χ0v) is 16.2. The topological polar surface area (TPSA) is 9.23 Å². The minimum Gasteiger partial charge on any atom is -0.462 e. The highest BCUT2D eigenvalue weighted by Gasteiger charge is 2.23. The zero-order chi connectivity index (χ0) is 19.2. The molecule has 0 amide bonds. The Labute approximate surface area is 161 Å². The van der Waals surface area contributed by atoms with Crippen molar-refractivity contribution < 1.29 is 13.5 Å². The van der Waals surface area contributed by atoms with Gasteiger partial charge < -0.3 is 4.74 Å². The summed E-state index contributed by atoms with van der Waals surface area (Å²) in [5.41, 5.74) is 3.17. The van der Waals surface area contributed by atoms with E-state index < -0.39 is 11.6 Å². The van der Waals surface area contributed by atoms with E-state index in [9.17, 15) is 8.78 Å². The molecule has 0 N–H and O–H groups in total. The van der Waals surface area contributed by atoms with Crippen molar-refractivity contribution in [2.24, 2.45) is 5.92 Å². The predicted octanol–water partition coefficient (Wildman–Crippen LogP) is 7.09. The number of allylic oxidation sites excluding steroid dienone is 1. The molecule has 0 atom stereocenters. The van der Waals surface area contributed by atoms with Gasteiger partial charge in [-0.1, -0.05) is 42.0 Å². The molecule has 0 spiro atoms. The van der Waals surface area contributed by atoms with Gasteiger partial charge in [-0.2, -0.15) is 4.39 Å². The summed E-state index contributed by atoms with van der Waals surface area (Å²) in [7, 11) is 0. The highest BCUT2D eigenvalue weighted by molar-refractivity contribution is 5.32. The molecule has 27 heavy (non-hydrogen) atoms. The van der Waals surface area contributed by atoms with Crippen LogP contribution >= 0.6 is 0 Å². The first kappa shape index (κ1) is 19.6. The lowest BCUT2D eigenvalue weighted by molar-refractivity contribution is 0.309. The number of halogens is 2. The van der Waals surface area contributed by atoms with E-state index >= 15 is 0 Å². The van der Waals surface area contributed by atoms with Crippen LogP contribution in [-0.4, -0.2) is 0 Å². The fraction of sp³-hybridized carbons (Fsp3) is 0.417. The summed E-state index contributed by atoms with van der Waals surface area (Å²) >= 11 is 0. The van der Waals surface area contributed by atoms with Gasteiger partial charge in [-0.05, 0) is 81.4 Å². The van der Waals surface area contributed by atoms with Crippen LogP contribution < -0.4 is 4.74 Å². The maximum absolute atomic E-state index is 14.3. The molecule has 1 nitrogen and oxygen atoms in total. The predicted molar refractivity (Wildman–Crippen MR) is 106 cm³/mol. The molecule has 1 aliphatic rings. The summed E-state index contributed by atoms with van der Waals surface area (Å²) < 4.78 is 33.4. The third kappa shape index (κ3) is 4.97. The van der Waals surface area contributed by atoms with Crippen LogP contribution in [0, 0.1) is 24.5 Å². The first-order chi connectivity index (χ1) is 13.1. The molecule has 2 aromatic rings. The molecule has 0 saturated heterocycles. The van der Waals surface area contributed by atoms with Gasteiger partial charge in [-0.15, -0.1) is 0 Å². The molecule has 1 aliphatic carbocycles. The van der Waals surface area contributed by atoms with Gasteiger partial charge in [-0.25, -0.2) is 4.39 Å². The molecule has 144 valence electrons. The van der Waals surface area contributed by atoms with E-state index in [1.54, 1.807) is 19.1 Å². The molecule has 1 fully saturated rings. The maximum atomic E-state index is 14.3. The molecular formula is C24H28F2O. The zero-order valence-electron chi connectivity index (χ0n) is 16.2. The molecule has 0 aliphatic heterocycles. The quantitative estimate of drug-likeness (QED) is 0.493. The number of rotatable bonds is 6. The Morgan fingerprint density at radius 3 is 2.33 bits per heavy atom. The Morgan fingerprint density at radius 2 is 1.67 bits per heavy atom. The first-order valence-corrected chi connectivity index (χ1v) is 9.89. The first-order valence-electron chi connectivity index (χ1n) is 9.89. The minimum atomic E-state index is -0.895. The summed E-state index contributed by atoms with van der Waals surface area (Å²) in [6.45, 7) is 3.87. The van der Waals surface area contributed by atoms with Crippen LogP contribution in [0.4, 0.5) is 8.78 Å². The van der Waals surface area contributed by atoms with Crippen molar-refractivity contribution in [1.29, 1.82) is 0 Å². The van der Waals surface area contributed by atoms with Crippen LogP contribution in [0.2, 0.25) is 0 Å². The van der Waals surface area contributed by atoms with Crippen molar-refractivity contribution in [3.05, 3.63) is 77.1 Å². The molecule has 0 heterocycles. The second-order valence-electron chi connectivity index (χ2n) is 7.61. The second-order valence-corrected chi connectivity index (χ2v) is 7.61. The van der Waals surface area contributed by atoms with Crippen molar-refractivity contribution in [2.45, 2.75) is 58.3 Å². The molecule has 3 rings (SSSR count). The minimum absolute atomic E-state index is 0.0621. The average molecular weight is 370 g/mol. The highest BCUT2D eigenvalue weighted by atomic mass is 19.2. The molecule has 0 unspecified atom stereocenters. The van der Waals surface area contributed by atoms with Crippen LogP contribution in [0.25, 0.3) is 0 Å². The third-order valence-corrected chi connectivity index (χ3v) is 5.68. The lowest BCUT2D eigenvalue weighted by atomic mass is 9.77. The van der Waals surface area contributed by atoms with Gasteiger partial charge in [0.2, 0.25) is 5.82 Å². The summed E-state index contributed by atoms with van der Waals surface area (Å²) in [5.74, 6) is -0.501. The van der Waals surface area contributed by atoms with E-state index in [2.05, 4.69) is 31.2 Å². The summed E-state index contributed by atoms with van der Waals surface area (Å²) in [4.78, 5) is 0. The number of aryl methyl sites for hydroxylation is 2. The number of benzene rings is 2. The number of hydrogen-bond donors (Lipinski definition) is 0. The number of ether oxygens (including phenoxy) is 1. The molecule has 3 heteroatoms. The smallest absolute Gasteiger partial charge is 0.201 e. The van der Waals surface area contributed by atoms with Crippen molar-refractivity contribution >= 4 is 0 Å². The average Bonchev–Trinajstić information content (AvgIpc) is 2.69. The van der Waals surface area contributed by atoms with Crippen LogP contribution in [-0.2, 0) is 6.42 Å². The SMILES string of the molecule is C/C=C/Oc1ccc(CCC2CCC(c3ccc(C)cc3)CC2)c(F)c1F. The van der Waals surface area contributed by atoms with Crippen molar-refractivity contribution in [3.8, 4) is 5.75 Å². The van der Waals surface area contributed by atoms with Gasteiger partial charge >= 0.3 is 0 Å². The summed E-state index contributed by atoms with van der Waals surface area (Å²) in [6, 6.07) is 12.0. The van der Waals surface area contributed by atoms with E-state index in [1.807, 2.05) is 0 Å². The van der Waals surface area contributed by atoms with Gasteiger partial charge in [0.15, 0.2) is 11.6 Å². The normalized spacial score (nSPS) is 20.1. The van der Waals surface area contributed by atoms with Crippen molar-refractivity contribution in [2.75, 3.05) is 0 Å². The number of hydrogen-bond acceptors (Lipinski definition) is 1. The van der Waals surface area contributed by atoms with E-state index in [0.29, 0.717) is 23.8 Å². The largest absolute Gasteiger partial charge is 0.462 e. The van der Waals surface area contributed by atoms with Crippen molar-refractivity contribution in [3.63, 3.8) is 0 Å². The molecular weight excluding hydrogens is 342 g/mol. The second kappa shape index (κ2) is 9.16.